The van der Waals surface area contributed by atoms with Gasteiger partial charge in [-0.25, -0.2) is 9.97 Å². The maximum Gasteiger partial charge on any atom is 0.178 e. The first-order valence-corrected chi connectivity index (χ1v) is 10.5. The SMILES string of the molecule is CC1CN(CCC(=O)c2cn[nH]c2-c2ncccn2)CCN1c1cccc(Br)c1. The van der Waals surface area contributed by atoms with Crippen molar-refractivity contribution in [2.75, 3.05) is 31.1 Å². The molecule has 7 nitrogen and oxygen atoms in total. The zero-order valence-corrected chi connectivity index (χ0v) is 17.8. The summed E-state index contributed by atoms with van der Waals surface area (Å²) in [7, 11) is 0. The van der Waals surface area contributed by atoms with Crippen molar-refractivity contribution < 1.29 is 4.79 Å². The number of rotatable bonds is 6. The number of aromatic nitrogens is 4. The molecular weight excluding hydrogens is 432 g/mol. The van der Waals surface area contributed by atoms with Crippen LogP contribution in [0.3, 0.4) is 0 Å². The van der Waals surface area contributed by atoms with Gasteiger partial charge in [0, 0.05) is 61.2 Å². The highest BCUT2D eigenvalue weighted by Gasteiger charge is 2.25. The minimum atomic E-state index is 0.0586. The van der Waals surface area contributed by atoms with Gasteiger partial charge in [0.15, 0.2) is 11.6 Å². The molecule has 150 valence electrons. The molecule has 0 saturated carbocycles. The number of benzene rings is 1. The Bertz CT molecular complexity index is 976. The van der Waals surface area contributed by atoms with Gasteiger partial charge >= 0.3 is 0 Å². The summed E-state index contributed by atoms with van der Waals surface area (Å²) in [6.45, 7) is 5.77. The second kappa shape index (κ2) is 8.84. The lowest BCUT2D eigenvalue weighted by Crippen LogP contribution is -2.52. The standard InChI is InChI=1S/C21H23BrN6O/c1-15-14-27(10-11-28(15)17-5-2-4-16(22)12-17)9-6-19(29)18-13-25-26-20(18)21-23-7-3-8-24-21/h2-5,7-8,12-13,15H,6,9-11,14H2,1H3,(H,25,26). The predicted octanol–water partition coefficient (Wildman–Crippen LogP) is 3.41. The summed E-state index contributed by atoms with van der Waals surface area (Å²) in [5.74, 6) is 0.549. The fraction of sp³-hybridized carbons (Fsp3) is 0.333. The first-order valence-electron chi connectivity index (χ1n) is 9.70. The number of hydrogen-bond acceptors (Lipinski definition) is 6. The number of nitrogens with zero attached hydrogens (tertiary/aromatic N) is 5. The summed E-state index contributed by atoms with van der Waals surface area (Å²) in [5.41, 5.74) is 2.37. The molecule has 0 bridgehead atoms. The van der Waals surface area contributed by atoms with E-state index < -0.39 is 0 Å². The average molecular weight is 455 g/mol. The van der Waals surface area contributed by atoms with Crippen LogP contribution in [-0.2, 0) is 0 Å². The van der Waals surface area contributed by atoms with Crippen LogP contribution in [0.1, 0.15) is 23.7 Å². The number of carbonyl (C=O) groups excluding carboxylic acids is 1. The van der Waals surface area contributed by atoms with Gasteiger partial charge < -0.3 is 4.90 Å². The lowest BCUT2D eigenvalue weighted by molar-refractivity contribution is 0.0959. The molecular formula is C21H23BrN6O. The van der Waals surface area contributed by atoms with E-state index in [2.05, 4.69) is 71.0 Å². The van der Waals surface area contributed by atoms with Crippen LogP contribution in [0, 0.1) is 0 Å². The van der Waals surface area contributed by atoms with E-state index in [0.29, 0.717) is 29.5 Å². The number of H-pyrrole nitrogens is 1. The van der Waals surface area contributed by atoms with Gasteiger partial charge in [0.25, 0.3) is 0 Å². The lowest BCUT2D eigenvalue weighted by Gasteiger charge is -2.41. The lowest BCUT2D eigenvalue weighted by atomic mass is 10.1. The summed E-state index contributed by atoms with van der Waals surface area (Å²) >= 11 is 3.55. The van der Waals surface area contributed by atoms with Gasteiger partial charge in [-0.3, -0.25) is 14.8 Å². The Kier molecular flexibility index (Phi) is 6.01. The number of hydrogen-bond donors (Lipinski definition) is 1. The molecule has 1 saturated heterocycles. The van der Waals surface area contributed by atoms with Gasteiger partial charge in [-0.05, 0) is 31.2 Å². The van der Waals surface area contributed by atoms with Crippen LogP contribution in [0.25, 0.3) is 11.5 Å². The van der Waals surface area contributed by atoms with E-state index in [0.717, 1.165) is 30.7 Å². The van der Waals surface area contributed by atoms with Crippen LogP contribution in [0.2, 0.25) is 0 Å². The van der Waals surface area contributed by atoms with Crippen molar-refractivity contribution in [3.8, 4) is 11.5 Å². The third-order valence-electron chi connectivity index (χ3n) is 5.24. The van der Waals surface area contributed by atoms with Crippen molar-refractivity contribution in [1.29, 1.82) is 0 Å². The monoisotopic (exact) mass is 454 g/mol. The highest BCUT2D eigenvalue weighted by atomic mass is 79.9. The van der Waals surface area contributed by atoms with Crippen molar-refractivity contribution in [1.82, 2.24) is 25.1 Å². The minimum Gasteiger partial charge on any atom is -0.366 e. The predicted molar refractivity (Wildman–Crippen MR) is 116 cm³/mol. The first kappa shape index (κ1) is 19.7. The zero-order valence-electron chi connectivity index (χ0n) is 16.3. The van der Waals surface area contributed by atoms with Gasteiger partial charge in [-0.1, -0.05) is 22.0 Å². The quantitative estimate of drug-likeness (QED) is 0.574. The fourth-order valence-electron chi connectivity index (χ4n) is 3.77. The van der Waals surface area contributed by atoms with Gasteiger partial charge in [0.05, 0.1) is 11.8 Å². The number of ketones is 1. The van der Waals surface area contributed by atoms with E-state index in [1.807, 2.05) is 6.07 Å². The number of piperazine rings is 1. The second-order valence-corrected chi connectivity index (χ2v) is 8.14. The number of aromatic amines is 1. The van der Waals surface area contributed by atoms with Crippen molar-refractivity contribution in [2.24, 2.45) is 0 Å². The molecule has 3 heterocycles. The summed E-state index contributed by atoms with van der Waals surface area (Å²) in [5, 5.41) is 6.88. The Hall–Kier alpha value is -2.58. The molecule has 1 aliphatic heterocycles. The normalized spacial score (nSPS) is 17.4. The van der Waals surface area contributed by atoms with Crippen LogP contribution >= 0.6 is 15.9 Å². The van der Waals surface area contributed by atoms with E-state index in [1.165, 1.54) is 5.69 Å². The Labute approximate surface area is 178 Å². The maximum atomic E-state index is 12.8. The number of anilines is 1. The van der Waals surface area contributed by atoms with Crippen molar-refractivity contribution >= 4 is 27.4 Å². The van der Waals surface area contributed by atoms with E-state index >= 15 is 0 Å². The molecule has 4 rings (SSSR count). The summed E-state index contributed by atoms with van der Waals surface area (Å²) in [4.78, 5) is 26.0. The molecule has 8 heteroatoms. The van der Waals surface area contributed by atoms with E-state index in [1.54, 1.807) is 24.7 Å². The van der Waals surface area contributed by atoms with Gasteiger partial charge in [0.1, 0.15) is 5.69 Å². The first-order chi connectivity index (χ1) is 14.1. The van der Waals surface area contributed by atoms with E-state index in [9.17, 15) is 4.79 Å². The zero-order chi connectivity index (χ0) is 20.2. The number of halogens is 1. The van der Waals surface area contributed by atoms with Gasteiger partial charge in [-0.2, -0.15) is 5.10 Å². The molecule has 3 aromatic rings. The molecule has 2 aromatic heterocycles. The summed E-state index contributed by atoms with van der Waals surface area (Å²) < 4.78 is 1.09. The highest BCUT2D eigenvalue weighted by Crippen LogP contribution is 2.24. The fourth-order valence-corrected chi connectivity index (χ4v) is 4.15. The Morgan fingerprint density at radius 3 is 2.83 bits per heavy atom. The molecule has 0 amide bonds. The molecule has 1 N–H and O–H groups in total. The molecule has 1 unspecified atom stereocenters. The minimum absolute atomic E-state index is 0.0586. The summed E-state index contributed by atoms with van der Waals surface area (Å²) in [6.07, 6.45) is 5.33. The van der Waals surface area contributed by atoms with E-state index in [4.69, 9.17) is 0 Å². The molecule has 29 heavy (non-hydrogen) atoms. The average Bonchev–Trinajstić information content (AvgIpc) is 3.23. The van der Waals surface area contributed by atoms with Crippen molar-refractivity contribution in [3.05, 3.63) is 59.0 Å². The molecule has 1 aliphatic rings. The second-order valence-electron chi connectivity index (χ2n) is 7.23. The third-order valence-corrected chi connectivity index (χ3v) is 5.73. The number of carbonyl (C=O) groups is 1. The molecule has 1 fully saturated rings. The van der Waals surface area contributed by atoms with Crippen LogP contribution < -0.4 is 4.90 Å². The van der Waals surface area contributed by atoms with Crippen LogP contribution in [0.5, 0.6) is 0 Å². The molecule has 1 atom stereocenters. The van der Waals surface area contributed by atoms with Crippen LogP contribution in [-0.4, -0.2) is 63.1 Å². The van der Waals surface area contributed by atoms with E-state index in [-0.39, 0.29) is 5.78 Å². The Balaban J connectivity index is 1.35. The smallest absolute Gasteiger partial charge is 0.178 e. The largest absolute Gasteiger partial charge is 0.366 e. The highest BCUT2D eigenvalue weighted by molar-refractivity contribution is 9.10. The van der Waals surface area contributed by atoms with Gasteiger partial charge in [0.2, 0.25) is 0 Å². The molecule has 0 spiro atoms. The number of Topliss-reactive ketones (excluding diaryl/α,β-unsaturated/α-hetero) is 1. The number of nitrogens with one attached hydrogen (secondary N) is 1. The molecule has 0 radical (unpaired) electrons. The maximum absolute atomic E-state index is 12.8. The van der Waals surface area contributed by atoms with Crippen LogP contribution in [0.15, 0.2) is 53.4 Å². The van der Waals surface area contributed by atoms with Gasteiger partial charge in [-0.15, -0.1) is 0 Å². The van der Waals surface area contributed by atoms with Crippen LogP contribution in [0.4, 0.5) is 5.69 Å². The third kappa shape index (κ3) is 4.54. The van der Waals surface area contributed by atoms with Crippen molar-refractivity contribution in [3.63, 3.8) is 0 Å². The van der Waals surface area contributed by atoms with Crippen molar-refractivity contribution in [2.45, 2.75) is 19.4 Å². The summed E-state index contributed by atoms with van der Waals surface area (Å²) in [6, 6.07) is 10.5. The topological polar surface area (TPSA) is 78.0 Å². The molecule has 1 aromatic carbocycles. The Morgan fingerprint density at radius 2 is 2.07 bits per heavy atom. The Morgan fingerprint density at radius 1 is 1.24 bits per heavy atom. The molecule has 0 aliphatic carbocycles.